The van der Waals surface area contributed by atoms with Crippen molar-refractivity contribution >= 4 is 34.2 Å². The first-order valence-corrected chi connectivity index (χ1v) is 6.35. The molecular formula is C14H12N6+. The number of nitrogens with zero attached hydrogens (tertiary/aromatic N) is 5. The number of amidine groups is 1. The fourth-order valence-electron chi connectivity index (χ4n) is 2.48. The van der Waals surface area contributed by atoms with Gasteiger partial charge < -0.3 is 0 Å². The van der Waals surface area contributed by atoms with Crippen LogP contribution in [0.4, 0.5) is 17.3 Å². The SMILES string of the molecule is CC1=Nc2cnccc2[N+]1c1nc2c(C)nccc2[nH]1. The molecule has 3 aromatic rings. The predicted octanol–water partition coefficient (Wildman–Crippen LogP) is 2.83. The van der Waals surface area contributed by atoms with E-state index in [4.69, 9.17) is 0 Å². The van der Waals surface area contributed by atoms with Gasteiger partial charge in [-0.15, -0.1) is 0 Å². The third-order valence-corrected chi connectivity index (χ3v) is 3.41. The highest BCUT2D eigenvalue weighted by Gasteiger charge is 2.38. The Bertz CT molecular complexity index is 848. The van der Waals surface area contributed by atoms with Crippen molar-refractivity contribution in [2.45, 2.75) is 13.8 Å². The lowest BCUT2D eigenvalue weighted by Crippen LogP contribution is -2.21. The molecule has 0 saturated heterocycles. The van der Waals surface area contributed by atoms with Crippen LogP contribution >= 0.6 is 0 Å². The summed E-state index contributed by atoms with van der Waals surface area (Å²) in [4.78, 5) is 22.8. The molecule has 4 rings (SSSR count). The summed E-state index contributed by atoms with van der Waals surface area (Å²) in [6.45, 7) is 3.91. The number of fused-ring (bicyclic) bond motifs is 2. The second-order valence-corrected chi connectivity index (χ2v) is 4.71. The molecule has 1 aliphatic rings. The molecule has 0 atom stereocenters. The van der Waals surface area contributed by atoms with E-state index in [2.05, 4.69) is 24.9 Å². The maximum atomic E-state index is 4.65. The summed E-state index contributed by atoms with van der Waals surface area (Å²) >= 11 is 0. The van der Waals surface area contributed by atoms with Crippen molar-refractivity contribution in [2.24, 2.45) is 4.99 Å². The monoisotopic (exact) mass is 264 g/mol. The van der Waals surface area contributed by atoms with Crippen molar-refractivity contribution in [3.05, 3.63) is 36.4 Å². The van der Waals surface area contributed by atoms with Gasteiger partial charge in [0.1, 0.15) is 5.52 Å². The average Bonchev–Trinajstić information content (AvgIpc) is 2.99. The summed E-state index contributed by atoms with van der Waals surface area (Å²) in [5, 5.41) is 0. The molecule has 0 aromatic carbocycles. The number of hydrogen-bond donors (Lipinski definition) is 1. The van der Waals surface area contributed by atoms with E-state index in [0.29, 0.717) is 0 Å². The number of hydrogen-bond acceptors (Lipinski definition) is 5. The summed E-state index contributed by atoms with van der Waals surface area (Å²) in [6.07, 6.45) is 5.30. The molecule has 97 valence electrons. The molecule has 1 N–H and O–H groups in total. The van der Waals surface area contributed by atoms with Gasteiger partial charge in [-0.25, -0.2) is 0 Å². The van der Waals surface area contributed by atoms with Crippen LogP contribution in [0.5, 0.6) is 0 Å². The van der Waals surface area contributed by atoms with Crippen LogP contribution in [0.2, 0.25) is 0 Å². The highest BCUT2D eigenvalue weighted by molar-refractivity contribution is 6.01. The Morgan fingerprint density at radius 2 is 2.05 bits per heavy atom. The van der Waals surface area contributed by atoms with E-state index in [0.717, 1.165) is 39.9 Å². The van der Waals surface area contributed by atoms with Gasteiger partial charge in [-0.05, 0) is 17.9 Å². The lowest BCUT2D eigenvalue weighted by Gasteiger charge is -1.99. The lowest BCUT2D eigenvalue weighted by atomic mass is 10.3. The van der Waals surface area contributed by atoms with Crippen molar-refractivity contribution in [3.8, 4) is 0 Å². The molecule has 4 heterocycles. The van der Waals surface area contributed by atoms with Gasteiger partial charge in [0.05, 0.1) is 17.4 Å². The normalized spacial score (nSPS) is 14.6. The quantitative estimate of drug-likeness (QED) is 0.687. The third kappa shape index (κ3) is 1.48. The van der Waals surface area contributed by atoms with E-state index in [9.17, 15) is 0 Å². The Kier molecular flexibility index (Phi) is 2.22. The van der Waals surface area contributed by atoms with Gasteiger partial charge in [0, 0.05) is 25.4 Å². The molecule has 1 radical (unpaired) electrons. The smallest absolute Gasteiger partial charge is 0.287 e. The van der Waals surface area contributed by atoms with Crippen molar-refractivity contribution in [3.63, 3.8) is 0 Å². The van der Waals surface area contributed by atoms with Crippen LogP contribution in [0.3, 0.4) is 0 Å². The summed E-state index contributed by atoms with van der Waals surface area (Å²) < 4.78 is 0. The van der Waals surface area contributed by atoms with Gasteiger partial charge in [-0.1, -0.05) is 0 Å². The first-order chi connectivity index (χ1) is 9.74. The van der Waals surface area contributed by atoms with Gasteiger partial charge in [-0.2, -0.15) is 9.98 Å². The number of aromatic nitrogens is 4. The van der Waals surface area contributed by atoms with Crippen LogP contribution in [-0.4, -0.2) is 25.8 Å². The number of anilines is 2. The van der Waals surface area contributed by atoms with Crippen LogP contribution in [0.25, 0.3) is 11.0 Å². The molecular weight excluding hydrogens is 252 g/mol. The molecule has 0 spiro atoms. The molecule has 0 amide bonds. The van der Waals surface area contributed by atoms with Crippen LogP contribution in [0, 0.1) is 6.92 Å². The molecule has 0 unspecified atom stereocenters. The molecule has 0 aliphatic carbocycles. The first-order valence-electron chi connectivity index (χ1n) is 6.35. The van der Waals surface area contributed by atoms with E-state index in [1.54, 1.807) is 18.6 Å². The number of nitrogens with one attached hydrogen (secondary N) is 1. The zero-order chi connectivity index (χ0) is 13.7. The van der Waals surface area contributed by atoms with E-state index in [-0.39, 0.29) is 0 Å². The number of rotatable bonds is 1. The highest BCUT2D eigenvalue weighted by Crippen LogP contribution is 2.37. The van der Waals surface area contributed by atoms with Crippen LogP contribution in [0.15, 0.2) is 35.7 Å². The van der Waals surface area contributed by atoms with Gasteiger partial charge in [-0.3, -0.25) is 15.0 Å². The Labute approximate surface area is 115 Å². The average molecular weight is 264 g/mol. The van der Waals surface area contributed by atoms with E-state index < -0.39 is 0 Å². The minimum atomic E-state index is 0.752. The van der Waals surface area contributed by atoms with Gasteiger partial charge >= 0.3 is 5.95 Å². The summed E-state index contributed by atoms with van der Waals surface area (Å²) in [6, 6.07) is 3.86. The number of aryl methyl sites for hydroxylation is 1. The van der Waals surface area contributed by atoms with Gasteiger partial charge in [0.2, 0.25) is 5.69 Å². The second kappa shape index (κ2) is 3.94. The molecule has 20 heavy (non-hydrogen) atoms. The summed E-state index contributed by atoms with van der Waals surface area (Å²) in [5.41, 5.74) is 4.62. The Morgan fingerprint density at radius 3 is 2.90 bits per heavy atom. The van der Waals surface area contributed by atoms with E-state index >= 15 is 0 Å². The number of imidazole rings is 1. The topological polar surface area (TPSA) is 72.7 Å². The largest absolute Gasteiger partial charge is 0.370 e. The summed E-state index contributed by atoms with van der Waals surface area (Å²) in [7, 11) is 0. The minimum absolute atomic E-state index is 0.752. The van der Waals surface area contributed by atoms with Crippen molar-refractivity contribution in [1.82, 2.24) is 24.8 Å². The fourth-order valence-corrected chi connectivity index (χ4v) is 2.48. The zero-order valence-corrected chi connectivity index (χ0v) is 11.1. The zero-order valence-electron chi connectivity index (χ0n) is 11.1. The van der Waals surface area contributed by atoms with Gasteiger partial charge in [0.25, 0.3) is 5.84 Å². The first kappa shape index (κ1) is 11.2. The number of pyridine rings is 2. The van der Waals surface area contributed by atoms with E-state index in [1.807, 2.05) is 30.9 Å². The van der Waals surface area contributed by atoms with Crippen molar-refractivity contribution in [2.75, 3.05) is 0 Å². The van der Waals surface area contributed by atoms with Crippen molar-refractivity contribution in [1.29, 1.82) is 0 Å². The Balaban J connectivity index is 1.92. The van der Waals surface area contributed by atoms with Crippen LogP contribution in [-0.2, 0) is 0 Å². The minimum Gasteiger partial charge on any atom is -0.287 e. The maximum Gasteiger partial charge on any atom is 0.370 e. The molecule has 3 aromatic heterocycles. The van der Waals surface area contributed by atoms with Crippen LogP contribution in [0.1, 0.15) is 12.6 Å². The predicted molar refractivity (Wildman–Crippen MR) is 77.1 cm³/mol. The standard InChI is InChI=1S/C14H12N6/c1-8-13-10(3-6-16-8)18-14(19-13)20-9(2)17-11-7-15-5-4-12(11)20/h3-7H,1-2H3,(H,18,19)/q+1. The fraction of sp³-hybridized carbons (Fsp3) is 0.143. The summed E-state index contributed by atoms with van der Waals surface area (Å²) in [5.74, 6) is 1.62. The molecule has 6 heteroatoms. The maximum absolute atomic E-state index is 4.65. The van der Waals surface area contributed by atoms with Crippen LogP contribution < -0.4 is 4.90 Å². The van der Waals surface area contributed by atoms with Crippen molar-refractivity contribution < 1.29 is 0 Å². The molecule has 1 aliphatic heterocycles. The number of aliphatic imine (C=N–C) groups is 1. The third-order valence-electron chi connectivity index (χ3n) is 3.41. The number of aromatic amines is 1. The lowest BCUT2D eigenvalue weighted by molar-refractivity contribution is 0.928. The van der Waals surface area contributed by atoms with Gasteiger partial charge in [0.15, 0.2) is 5.69 Å². The molecule has 6 nitrogen and oxygen atoms in total. The molecule has 0 bridgehead atoms. The van der Waals surface area contributed by atoms with E-state index in [1.165, 1.54) is 0 Å². The highest BCUT2D eigenvalue weighted by atomic mass is 15.3. The Hall–Kier alpha value is -2.60. The molecule has 0 fully saturated rings. The Morgan fingerprint density at radius 1 is 1.15 bits per heavy atom. The second-order valence-electron chi connectivity index (χ2n) is 4.71. The number of H-pyrrole nitrogens is 1. The molecule has 0 saturated carbocycles.